The lowest BCUT2D eigenvalue weighted by molar-refractivity contribution is 0.405. The fraction of sp³-hybridized carbons (Fsp3) is 0.538. The molecule has 1 atom stereocenters. The highest BCUT2D eigenvalue weighted by Crippen LogP contribution is 2.19. The Kier molecular flexibility index (Phi) is 8.86. The van der Waals surface area contributed by atoms with Crippen LogP contribution in [0.4, 0.5) is 0 Å². The van der Waals surface area contributed by atoms with E-state index < -0.39 is 0 Å². The van der Waals surface area contributed by atoms with Gasteiger partial charge in [-0.25, -0.2) is 0 Å². The minimum atomic E-state index is 0. The number of nitrogens with one attached hydrogen (secondary N) is 2. The first-order chi connectivity index (χ1) is 7.79. The smallest absolute Gasteiger partial charge is 0.122 e. The summed E-state index contributed by atoms with van der Waals surface area (Å²) in [6.07, 6.45) is 1.06. The molecule has 1 aliphatic heterocycles. The Hall–Kier alpha value is -0.100. The van der Waals surface area contributed by atoms with E-state index >= 15 is 0 Å². The summed E-state index contributed by atoms with van der Waals surface area (Å²) in [6, 6.07) is 7.01. The second-order valence-electron chi connectivity index (χ2n) is 4.36. The molecule has 0 aliphatic carbocycles. The first-order valence-corrected chi connectivity index (χ1v) is 5.87. The Balaban J connectivity index is 0.00000144. The van der Waals surface area contributed by atoms with Crippen molar-refractivity contribution in [3.63, 3.8) is 0 Å². The second-order valence-corrected chi connectivity index (χ2v) is 4.36. The first kappa shape index (κ1) is 17.9. The molecule has 0 amide bonds. The number of hydrogen-bond donors (Lipinski definition) is 2. The van der Waals surface area contributed by atoms with Gasteiger partial charge in [0.05, 0.1) is 7.11 Å². The van der Waals surface area contributed by atoms with Crippen molar-refractivity contribution < 1.29 is 4.74 Å². The molecule has 0 saturated carbocycles. The van der Waals surface area contributed by atoms with E-state index in [1.54, 1.807) is 7.11 Å². The quantitative estimate of drug-likeness (QED) is 0.842. The summed E-state index contributed by atoms with van der Waals surface area (Å²) >= 11 is 0. The molecule has 0 bridgehead atoms. The van der Waals surface area contributed by atoms with Crippen molar-refractivity contribution in [2.45, 2.75) is 19.4 Å². The third-order valence-electron chi connectivity index (χ3n) is 3.08. The third-order valence-corrected chi connectivity index (χ3v) is 3.08. The van der Waals surface area contributed by atoms with Crippen molar-refractivity contribution in [2.75, 3.05) is 26.7 Å². The molecular formula is C13H22Br2N2O. The van der Waals surface area contributed by atoms with Crippen LogP contribution in [-0.2, 0) is 6.42 Å². The zero-order chi connectivity index (χ0) is 11.4. The Morgan fingerprint density at radius 3 is 2.67 bits per heavy atom. The molecule has 1 aliphatic rings. The van der Waals surface area contributed by atoms with Gasteiger partial charge in [0.2, 0.25) is 0 Å². The van der Waals surface area contributed by atoms with Crippen LogP contribution in [0.2, 0.25) is 0 Å². The number of aryl methyl sites for hydroxylation is 1. The van der Waals surface area contributed by atoms with E-state index in [1.807, 2.05) is 0 Å². The van der Waals surface area contributed by atoms with Gasteiger partial charge in [-0.05, 0) is 30.5 Å². The number of piperazine rings is 1. The number of benzene rings is 1. The average Bonchev–Trinajstić information content (AvgIpc) is 2.33. The lowest BCUT2D eigenvalue weighted by Crippen LogP contribution is -2.49. The maximum absolute atomic E-state index is 5.34. The van der Waals surface area contributed by atoms with Crippen LogP contribution in [0, 0.1) is 6.92 Å². The minimum Gasteiger partial charge on any atom is -0.496 e. The summed E-state index contributed by atoms with van der Waals surface area (Å²) in [6.45, 7) is 5.26. The zero-order valence-corrected chi connectivity index (χ0v) is 14.3. The van der Waals surface area contributed by atoms with Crippen LogP contribution in [0.15, 0.2) is 18.2 Å². The monoisotopic (exact) mass is 380 g/mol. The highest BCUT2D eigenvalue weighted by Gasteiger charge is 2.12. The maximum Gasteiger partial charge on any atom is 0.122 e. The maximum atomic E-state index is 5.34. The molecule has 104 valence electrons. The lowest BCUT2D eigenvalue weighted by Gasteiger charge is -2.24. The van der Waals surface area contributed by atoms with Gasteiger partial charge < -0.3 is 15.4 Å². The van der Waals surface area contributed by atoms with Crippen LogP contribution in [0.25, 0.3) is 0 Å². The molecule has 0 spiro atoms. The topological polar surface area (TPSA) is 33.3 Å². The SMILES string of the molecule is Br.Br.COc1cc(CC2CNCCN2)ccc1C. The van der Waals surface area contributed by atoms with Crippen LogP contribution in [-0.4, -0.2) is 32.8 Å². The Morgan fingerprint density at radius 2 is 2.06 bits per heavy atom. The van der Waals surface area contributed by atoms with Crippen LogP contribution in [0.1, 0.15) is 11.1 Å². The van der Waals surface area contributed by atoms with E-state index in [9.17, 15) is 0 Å². The molecule has 2 rings (SSSR count). The van der Waals surface area contributed by atoms with Gasteiger partial charge in [-0.2, -0.15) is 0 Å². The van der Waals surface area contributed by atoms with E-state index in [2.05, 4.69) is 35.8 Å². The summed E-state index contributed by atoms with van der Waals surface area (Å²) in [4.78, 5) is 0. The molecular weight excluding hydrogens is 360 g/mol. The molecule has 18 heavy (non-hydrogen) atoms. The highest BCUT2D eigenvalue weighted by molar-refractivity contribution is 8.93. The number of methoxy groups -OCH3 is 1. The number of ether oxygens (including phenoxy) is 1. The number of halogens is 2. The Morgan fingerprint density at radius 1 is 1.28 bits per heavy atom. The largest absolute Gasteiger partial charge is 0.496 e. The van der Waals surface area contributed by atoms with Crippen LogP contribution in [0.3, 0.4) is 0 Å². The average molecular weight is 382 g/mol. The summed E-state index contributed by atoms with van der Waals surface area (Å²) in [5.41, 5.74) is 2.53. The number of hydrogen-bond acceptors (Lipinski definition) is 3. The highest BCUT2D eigenvalue weighted by atomic mass is 79.9. The van der Waals surface area contributed by atoms with Gasteiger partial charge in [0.15, 0.2) is 0 Å². The van der Waals surface area contributed by atoms with Crippen LogP contribution < -0.4 is 15.4 Å². The summed E-state index contributed by atoms with van der Waals surface area (Å²) in [5.74, 6) is 0.987. The van der Waals surface area contributed by atoms with Crippen molar-refractivity contribution >= 4 is 34.0 Å². The van der Waals surface area contributed by atoms with Gasteiger partial charge in [0.25, 0.3) is 0 Å². The molecule has 2 N–H and O–H groups in total. The fourth-order valence-corrected chi connectivity index (χ4v) is 2.13. The second kappa shape index (κ2) is 8.91. The molecule has 3 nitrogen and oxygen atoms in total. The van der Waals surface area contributed by atoms with Crippen LogP contribution >= 0.6 is 34.0 Å². The summed E-state index contributed by atoms with van der Waals surface area (Å²) in [7, 11) is 1.73. The van der Waals surface area contributed by atoms with Gasteiger partial charge in [0.1, 0.15) is 5.75 Å². The minimum absolute atomic E-state index is 0. The van der Waals surface area contributed by atoms with Crippen molar-refractivity contribution in [1.29, 1.82) is 0 Å². The van der Waals surface area contributed by atoms with Crippen molar-refractivity contribution in [1.82, 2.24) is 10.6 Å². The molecule has 1 unspecified atom stereocenters. The fourth-order valence-electron chi connectivity index (χ4n) is 2.13. The van der Waals surface area contributed by atoms with Crippen molar-refractivity contribution in [2.24, 2.45) is 0 Å². The molecule has 1 saturated heterocycles. The molecule has 1 fully saturated rings. The summed E-state index contributed by atoms with van der Waals surface area (Å²) in [5, 5.41) is 6.92. The van der Waals surface area contributed by atoms with Crippen molar-refractivity contribution in [3.8, 4) is 5.75 Å². The predicted octanol–water partition coefficient (Wildman–Crippen LogP) is 2.26. The Labute approximate surface area is 130 Å². The standard InChI is InChI=1S/C13H20N2O.2BrH/c1-10-3-4-11(8-13(10)16-2)7-12-9-14-5-6-15-12;;/h3-4,8,12,14-15H,5-7,9H2,1-2H3;2*1H. The van der Waals surface area contributed by atoms with Gasteiger partial charge in [-0.3, -0.25) is 0 Å². The van der Waals surface area contributed by atoms with E-state index in [0.29, 0.717) is 6.04 Å². The van der Waals surface area contributed by atoms with Gasteiger partial charge >= 0.3 is 0 Å². The molecule has 1 aromatic carbocycles. The zero-order valence-electron chi connectivity index (χ0n) is 10.9. The summed E-state index contributed by atoms with van der Waals surface area (Å²) < 4.78 is 5.34. The Bertz CT molecular complexity index is 355. The van der Waals surface area contributed by atoms with E-state index in [-0.39, 0.29) is 34.0 Å². The first-order valence-electron chi connectivity index (χ1n) is 5.87. The van der Waals surface area contributed by atoms with Gasteiger partial charge in [0, 0.05) is 25.7 Å². The van der Waals surface area contributed by atoms with Gasteiger partial charge in [-0.1, -0.05) is 12.1 Å². The van der Waals surface area contributed by atoms with E-state index in [1.165, 1.54) is 11.1 Å². The molecule has 0 radical (unpaired) electrons. The van der Waals surface area contributed by atoms with Gasteiger partial charge in [-0.15, -0.1) is 34.0 Å². The van der Waals surface area contributed by atoms with Crippen LogP contribution in [0.5, 0.6) is 5.75 Å². The lowest BCUT2D eigenvalue weighted by atomic mass is 10.0. The van der Waals surface area contributed by atoms with Crippen molar-refractivity contribution in [3.05, 3.63) is 29.3 Å². The normalized spacial score (nSPS) is 18.4. The molecule has 5 heteroatoms. The van der Waals surface area contributed by atoms with E-state index in [4.69, 9.17) is 4.74 Å². The molecule has 1 aromatic rings. The predicted molar refractivity (Wildman–Crippen MR) is 86.7 cm³/mol. The molecule has 0 aromatic heterocycles. The number of rotatable bonds is 3. The molecule has 1 heterocycles. The van der Waals surface area contributed by atoms with E-state index in [0.717, 1.165) is 31.8 Å². The third kappa shape index (κ3) is 4.88.